The van der Waals surface area contributed by atoms with E-state index in [0.717, 1.165) is 43.5 Å². The van der Waals surface area contributed by atoms with Crippen molar-refractivity contribution in [2.45, 2.75) is 57.4 Å². The van der Waals surface area contributed by atoms with Crippen molar-refractivity contribution in [3.63, 3.8) is 0 Å². The highest BCUT2D eigenvalue weighted by atomic mass is 32.2. The van der Waals surface area contributed by atoms with Gasteiger partial charge in [-0.1, -0.05) is 31.5 Å². The van der Waals surface area contributed by atoms with Gasteiger partial charge in [-0.25, -0.2) is 13.1 Å². The van der Waals surface area contributed by atoms with Crippen LogP contribution in [0.15, 0.2) is 34.3 Å². The number of rotatable bonds is 10. The van der Waals surface area contributed by atoms with Crippen LogP contribution in [0.1, 0.15) is 45.1 Å². The molecular formula is C20H33N3O3S. The Bertz CT molecular complexity index is 716. The normalized spacial score (nSPS) is 19.5. The van der Waals surface area contributed by atoms with Gasteiger partial charge >= 0.3 is 0 Å². The lowest BCUT2D eigenvalue weighted by atomic mass is 10.00. The molecule has 2 atom stereocenters. The molecule has 1 aliphatic rings. The molecule has 0 radical (unpaired) electrons. The molecule has 0 amide bonds. The van der Waals surface area contributed by atoms with Crippen LogP contribution < -0.4 is 4.72 Å². The molecule has 27 heavy (non-hydrogen) atoms. The molecule has 1 aromatic rings. The van der Waals surface area contributed by atoms with E-state index in [1.165, 1.54) is 0 Å². The number of nitrogens with zero attached hydrogens (tertiary/aromatic N) is 2. The lowest BCUT2D eigenvalue weighted by Crippen LogP contribution is -2.31. The number of aryl methyl sites for hydroxylation is 1. The van der Waals surface area contributed by atoms with Crippen molar-refractivity contribution in [2.75, 3.05) is 26.8 Å². The third kappa shape index (κ3) is 6.30. The smallest absolute Gasteiger partial charge is 0.240 e. The number of hydrogen-bond donors (Lipinski definition) is 1. The average Bonchev–Trinajstić information content (AvgIpc) is 3.07. The number of hydrazone groups is 1. The standard InChI is InChI=1S/C20H33N3O3S/c1-5-20(22-23-14-6-7-18(23)15-26-4)17(3)12-13-21-27(24,25)19-10-8-16(2)9-11-19/h8-11,17-18,21H,5-7,12-15H2,1-4H3/b22-20+/t17-,18-/m0/s1. The molecule has 7 heteroatoms. The summed E-state index contributed by atoms with van der Waals surface area (Å²) in [5.74, 6) is 0.222. The number of methoxy groups -OCH3 is 1. The van der Waals surface area contributed by atoms with Crippen LogP contribution in [-0.2, 0) is 14.8 Å². The second kappa shape index (κ2) is 10.2. The molecule has 1 saturated heterocycles. The first kappa shape index (κ1) is 21.9. The molecule has 0 saturated carbocycles. The van der Waals surface area contributed by atoms with E-state index in [2.05, 4.69) is 23.6 Å². The molecule has 0 aliphatic carbocycles. The fourth-order valence-corrected chi connectivity index (χ4v) is 4.42. The van der Waals surface area contributed by atoms with Crippen LogP contribution in [0.4, 0.5) is 0 Å². The van der Waals surface area contributed by atoms with Gasteiger partial charge in [0.15, 0.2) is 0 Å². The van der Waals surface area contributed by atoms with Crippen LogP contribution in [-0.4, -0.2) is 52.0 Å². The predicted octanol–water partition coefficient (Wildman–Crippen LogP) is 3.18. The van der Waals surface area contributed by atoms with Crippen molar-refractivity contribution in [1.82, 2.24) is 9.73 Å². The summed E-state index contributed by atoms with van der Waals surface area (Å²) < 4.78 is 32.8. The summed E-state index contributed by atoms with van der Waals surface area (Å²) in [5.41, 5.74) is 2.16. The fraction of sp³-hybridized carbons (Fsp3) is 0.650. The highest BCUT2D eigenvalue weighted by molar-refractivity contribution is 7.89. The molecule has 1 aromatic carbocycles. The van der Waals surface area contributed by atoms with E-state index in [1.54, 1.807) is 19.2 Å². The van der Waals surface area contributed by atoms with Gasteiger partial charge in [0.1, 0.15) is 0 Å². The predicted molar refractivity (Wildman–Crippen MR) is 109 cm³/mol. The Morgan fingerprint density at radius 2 is 2.07 bits per heavy atom. The number of ether oxygens (including phenoxy) is 1. The minimum Gasteiger partial charge on any atom is -0.382 e. The molecule has 0 aromatic heterocycles. The molecule has 1 N–H and O–H groups in total. The SMILES string of the molecule is CC/C(=N\N1CCC[C@H]1COC)[C@@H](C)CCNS(=O)(=O)c1ccc(C)cc1. The van der Waals surface area contributed by atoms with E-state index in [4.69, 9.17) is 9.84 Å². The Morgan fingerprint density at radius 3 is 2.70 bits per heavy atom. The lowest BCUT2D eigenvalue weighted by molar-refractivity contribution is 0.117. The second-order valence-electron chi connectivity index (χ2n) is 7.26. The van der Waals surface area contributed by atoms with E-state index in [0.29, 0.717) is 24.1 Å². The minimum atomic E-state index is -3.46. The largest absolute Gasteiger partial charge is 0.382 e. The van der Waals surface area contributed by atoms with Gasteiger partial charge in [-0.05, 0) is 50.7 Å². The molecule has 1 heterocycles. The summed E-state index contributed by atoms with van der Waals surface area (Å²) in [6.07, 6.45) is 3.83. The van der Waals surface area contributed by atoms with Gasteiger partial charge in [0, 0.05) is 25.9 Å². The topological polar surface area (TPSA) is 71.0 Å². The zero-order chi connectivity index (χ0) is 19.9. The summed E-state index contributed by atoms with van der Waals surface area (Å²) in [6, 6.07) is 7.26. The zero-order valence-electron chi connectivity index (χ0n) is 16.9. The van der Waals surface area contributed by atoms with Crippen molar-refractivity contribution in [3.05, 3.63) is 29.8 Å². The first-order chi connectivity index (χ1) is 12.9. The van der Waals surface area contributed by atoms with Crippen LogP contribution in [0.2, 0.25) is 0 Å². The highest BCUT2D eigenvalue weighted by Gasteiger charge is 2.24. The summed E-state index contributed by atoms with van der Waals surface area (Å²) in [6.45, 7) is 8.22. The van der Waals surface area contributed by atoms with Crippen LogP contribution in [0.5, 0.6) is 0 Å². The van der Waals surface area contributed by atoms with Crippen molar-refractivity contribution >= 4 is 15.7 Å². The van der Waals surface area contributed by atoms with Crippen molar-refractivity contribution < 1.29 is 13.2 Å². The van der Waals surface area contributed by atoms with Gasteiger partial charge in [0.05, 0.1) is 17.5 Å². The van der Waals surface area contributed by atoms with Crippen LogP contribution >= 0.6 is 0 Å². The van der Waals surface area contributed by atoms with Crippen molar-refractivity contribution in [3.8, 4) is 0 Å². The van der Waals surface area contributed by atoms with E-state index in [-0.39, 0.29) is 5.92 Å². The summed E-state index contributed by atoms with van der Waals surface area (Å²) >= 11 is 0. The lowest BCUT2D eigenvalue weighted by Gasteiger charge is -2.24. The summed E-state index contributed by atoms with van der Waals surface area (Å²) in [5, 5.41) is 7.02. The van der Waals surface area contributed by atoms with Gasteiger partial charge in [-0.15, -0.1) is 0 Å². The monoisotopic (exact) mass is 395 g/mol. The minimum absolute atomic E-state index is 0.222. The van der Waals surface area contributed by atoms with Crippen molar-refractivity contribution in [1.29, 1.82) is 0 Å². The van der Waals surface area contributed by atoms with E-state index >= 15 is 0 Å². The molecule has 1 fully saturated rings. The molecule has 1 aliphatic heterocycles. The maximum atomic E-state index is 12.4. The first-order valence-corrected chi connectivity index (χ1v) is 11.2. The molecule has 0 bridgehead atoms. The Balaban J connectivity index is 1.92. The molecular weight excluding hydrogens is 362 g/mol. The number of nitrogens with one attached hydrogen (secondary N) is 1. The van der Waals surface area contributed by atoms with Gasteiger partial charge in [0.2, 0.25) is 10.0 Å². The number of benzene rings is 1. The Hall–Kier alpha value is -1.44. The van der Waals surface area contributed by atoms with Crippen LogP contribution in [0.25, 0.3) is 0 Å². The molecule has 152 valence electrons. The van der Waals surface area contributed by atoms with E-state index < -0.39 is 10.0 Å². The zero-order valence-corrected chi connectivity index (χ0v) is 17.8. The van der Waals surface area contributed by atoms with Crippen molar-refractivity contribution in [2.24, 2.45) is 11.0 Å². The van der Waals surface area contributed by atoms with Gasteiger partial charge < -0.3 is 4.74 Å². The van der Waals surface area contributed by atoms with E-state index in [1.807, 2.05) is 19.1 Å². The Kier molecular flexibility index (Phi) is 8.26. The second-order valence-corrected chi connectivity index (χ2v) is 9.03. The molecule has 6 nitrogen and oxygen atoms in total. The Morgan fingerprint density at radius 1 is 1.37 bits per heavy atom. The van der Waals surface area contributed by atoms with Crippen LogP contribution in [0, 0.1) is 12.8 Å². The molecule has 0 spiro atoms. The first-order valence-electron chi connectivity index (χ1n) is 9.76. The molecule has 0 unspecified atom stereocenters. The molecule has 2 rings (SSSR count). The third-order valence-electron chi connectivity index (χ3n) is 5.09. The highest BCUT2D eigenvalue weighted by Crippen LogP contribution is 2.20. The summed E-state index contributed by atoms with van der Waals surface area (Å²) in [7, 11) is -1.73. The average molecular weight is 396 g/mol. The maximum Gasteiger partial charge on any atom is 0.240 e. The summed E-state index contributed by atoms with van der Waals surface area (Å²) in [4.78, 5) is 0.310. The quantitative estimate of drug-likeness (QED) is 0.618. The van der Waals surface area contributed by atoms with Gasteiger partial charge in [0.25, 0.3) is 0 Å². The Labute approximate surface area is 164 Å². The fourth-order valence-electron chi connectivity index (χ4n) is 3.37. The van der Waals surface area contributed by atoms with E-state index in [9.17, 15) is 8.42 Å². The number of sulfonamides is 1. The number of hydrogen-bond acceptors (Lipinski definition) is 5. The van der Waals surface area contributed by atoms with Gasteiger partial charge in [-0.3, -0.25) is 5.01 Å². The third-order valence-corrected chi connectivity index (χ3v) is 6.57. The van der Waals surface area contributed by atoms with Gasteiger partial charge in [-0.2, -0.15) is 5.10 Å². The van der Waals surface area contributed by atoms with Crippen LogP contribution in [0.3, 0.4) is 0 Å². The maximum absolute atomic E-state index is 12.4.